The highest BCUT2D eigenvalue weighted by Gasteiger charge is 2.21. The summed E-state index contributed by atoms with van der Waals surface area (Å²) in [5.41, 5.74) is 1.48. The fourth-order valence-electron chi connectivity index (χ4n) is 2.17. The number of nitrogens with zero attached hydrogens (tertiary/aromatic N) is 2. The zero-order valence-corrected chi connectivity index (χ0v) is 13.2. The minimum Gasteiger partial charge on any atom is -0.383 e. The normalized spacial score (nSPS) is 12.6. The summed E-state index contributed by atoms with van der Waals surface area (Å²) >= 11 is 12.0. The number of aromatic nitrogens is 2. The molecule has 0 radical (unpaired) electrons. The van der Waals surface area contributed by atoms with E-state index in [-0.39, 0.29) is 11.1 Å². The molecule has 0 spiro atoms. The monoisotopic (exact) mass is 331 g/mol. The fourth-order valence-corrected chi connectivity index (χ4v) is 2.54. The van der Waals surface area contributed by atoms with Gasteiger partial charge in [0, 0.05) is 7.11 Å². The lowest BCUT2D eigenvalue weighted by Gasteiger charge is -2.19. The van der Waals surface area contributed by atoms with E-state index in [4.69, 9.17) is 27.9 Å². The van der Waals surface area contributed by atoms with E-state index < -0.39 is 5.82 Å². The number of halogens is 3. The summed E-state index contributed by atoms with van der Waals surface area (Å²) in [7, 11) is 3.40. The van der Waals surface area contributed by atoms with Crippen molar-refractivity contribution in [2.75, 3.05) is 20.8 Å². The minimum atomic E-state index is -0.464. The Morgan fingerprint density at radius 3 is 2.76 bits per heavy atom. The van der Waals surface area contributed by atoms with E-state index >= 15 is 0 Å². The van der Waals surface area contributed by atoms with Gasteiger partial charge in [0.1, 0.15) is 5.82 Å². The Kier molecular flexibility index (Phi) is 5.58. The molecule has 1 heterocycles. The largest absolute Gasteiger partial charge is 0.383 e. The SMILES string of the molecule is CNC(c1ccc(Cl)c(F)c1)c1c(Cl)cnn1CCOC. The Morgan fingerprint density at radius 1 is 1.38 bits per heavy atom. The highest BCUT2D eigenvalue weighted by atomic mass is 35.5. The standard InChI is InChI=1S/C14H16Cl2FN3O/c1-18-13(9-3-4-10(15)12(17)7-9)14-11(16)8-19-20(14)5-6-21-2/h3-4,7-8,13,18H,5-6H2,1-2H3. The van der Waals surface area contributed by atoms with E-state index in [1.165, 1.54) is 12.1 Å². The fraction of sp³-hybridized carbons (Fsp3) is 0.357. The molecule has 0 aliphatic carbocycles. The molecular weight excluding hydrogens is 316 g/mol. The van der Waals surface area contributed by atoms with Crippen LogP contribution in [0.1, 0.15) is 17.3 Å². The van der Waals surface area contributed by atoms with Crippen LogP contribution in [0.15, 0.2) is 24.4 Å². The van der Waals surface area contributed by atoms with Gasteiger partial charge in [0.25, 0.3) is 0 Å². The predicted octanol–water partition coefficient (Wildman–Crippen LogP) is 3.28. The Balaban J connectivity index is 2.40. The molecule has 2 aromatic rings. The van der Waals surface area contributed by atoms with Gasteiger partial charge in [0.2, 0.25) is 0 Å². The van der Waals surface area contributed by atoms with E-state index in [1.807, 2.05) is 0 Å². The van der Waals surface area contributed by atoms with Gasteiger partial charge in [0.15, 0.2) is 0 Å². The van der Waals surface area contributed by atoms with Crippen molar-refractivity contribution in [3.63, 3.8) is 0 Å². The van der Waals surface area contributed by atoms with Gasteiger partial charge in [-0.15, -0.1) is 0 Å². The van der Waals surface area contributed by atoms with E-state index in [9.17, 15) is 4.39 Å². The van der Waals surface area contributed by atoms with Crippen molar-refractivity contribution in [1.29, 1.82) is 0 Å². The third-order valence-electron chi connectivity index (χ3n) is 3.18. The third-order valence-corrected chi connectivity index (χ3v) is 3.78. The molecule has 0 saturated carbocycles. The Bertz CT molecular complexity index is 618. The molecule has 0 aliphatic heterocycles. The topological polar surface area (TPSA) is 39.1 Å². The van der Waals surface area contributed by atoms with Gasteiger partial charge in [-0.05, 0) is 24.7 Å². The highest BCUT2D eigenvalue weighted by Crippen LogP contribution is 2.29. The van der Waals surface area contributed by atoms with Gasteiger partial charge in [-0.25, -0.2) is 4.39 Å². The third kappa shape index (κ3) is 3.55. The number of benzene rings is 1. The molecule has 0 bridgehead atoms. The first-order chi connectivity index (χ1) is 10.1. The van der Waals surface area contributed by atoms with Crippen molar-refractivity contribution in [2.24, 2.45) is 0 Å². The number of rotatable bonds is 6. The summed E-state index contributed by atoms with van der Waals surface area (Å²) in [6.07, 6.45) is 1.57. The van der Waals surface area contributed by atoms with Gasteiger partial charge in [-0.2, -0.15) is 5.10 Å². The number of hydrogen-bond donors (Lipinski definition) is 1. The maximum absolute atomic E-state index is 13.7. The Morgan fingerprint density at radius 2 is 2.14 bits per heavy atom. The van der Waals surface area contributed by atoms with E-state index in [1.54, 1.807) is 31.1 Å². The summed E-state index contributed by atoms with van der Waals surface area (Å²) in [5.74, 6) is -0.464. The molecule has 0 fully saturated rings. The summed E-state index contributed by atoms with van der Waals surface area (Å²) in [4.78, 5) is 0. The van der Waals surface area contributed by atoms with Gasteiger partial charge in [-0.1, -0.05) is 29.3 Å². The van der Waals surface area contributed by atoms with Crippen LogP contribution in [-0.4, -0.2) is 30.5 Å². The summed E-state index contributed by atoms with van der Waals surface area (Å²) in [6.45, 7) is 1.07. The molecule has 1 unspecified atom stereocenters. The van der Waals surface area contributed by atoms with Gasteiger partial charge in [-0.3, -0.25) is 4.68 Å². The molecule has 4 nitrogen and oxygen atoms in total. The summed E-state index contributed by atoms with van der Waals surface area (Å²) in [5, 5.41) is 7.97. The second-order valence-corrected chi connectivity index (χ2v) is 5.30. The smallest absolute Gasteiger partial charge is 0.142 e. The molecule has 1 aromatic carbocycles. The molecule has 2 rings (SSSR count). The molecule has 0 saturated heterocycles. The van der Waals surface area contributed by atoms with Gasteiger partial charge < -0.3 is 10.1 Å². The quantitative estimate of drug-likeness (QED) is 0.882. The molecule has 21 heavy (non-hydrogen) atoms. The van der Waals surface area contributed by atoms with E-state index in [0.717, 1.165) is 11.3 Å². The molecule has 1 atom stereocenters. The van der Waals surface area contributed by atoms with Crippen LogP contribution >= 0.6 is 23.2 Å². The van der Waals surface area contributed by atoms with Crippen molar-refractivity contribution in [3.05, 3.63) is 51.5 Å². The van der Waals surface area contributed by atoms with Crippen molar-refractivity contribution < 1.29 is 9.13 Å². The molecule has 1 N–H and O–H groups in total. The lowest BCUT2D eigenvalue weighted by atomic mass is 10.0. The van der Waals surface area contributed by atoms with Gasteiger partial charge in [0.05, 0.1) is 41.1 Å². The number of hydrogen-bond acceptors (Lipinski definition) is 3. The highest BCUT2D eigenvalue weighted by molar-refractivity contribution is 6.31. The van der Waals surface area contributed by atoms with Crippen LogP contribution in [0.2, 0.25) is 10.0 Å². The first-order valence-corrected chi connectivity index (χ1v) is 7.16. The van der Waals surface area contributed by atoms with Crippen LogP contribution in [0.4, 0.5) is 4.39 Å². The van der Waals surface area contributed by atoms with Crippen molar-refractivity contribution >= 4 is 23.2 Å². The van der Waals surface area contributed by atoms with E-state index in [2.05, 4.69) is 10.4 Å². The Hall–Kier alpha value is -1.14. The second kappa shape index (κ2) is 7.22. The maximum atomic E-state index is 13.7. The zero-order chi connectivity index (χ0) is 15.4. The molecule has 114 valence electrons. The van der Waals surface area contributed by atoms with Crippen molar-refractivity contribution in [2.45, 2.75) is 12.6 Å². The van der Waals surface area contributed by atoms with Crippen LogP contribution in [-0.2, 0) is 11.3 Å². The van der Waals surface area contributed by atoms with Crippen LogP contribution in [0.3, 0.4) is 0 Å². The number of ether oxygens (including phenoxy) is 1. The van der Waals surface area contributed by atoms with E-state index in [0.29, 0.717) is 18.2 Å². The first-order valence-electron chi connectivity index (χ1n) is 6.40. The predicted molar refractivity (Wildman–Crippen MR) is 81.4 cm³/mol. The average Bonchev–Trinajstić information content (AvgIpc) is 2.83. The van der Waals surface area contributed by atoms with Gasteiger partial charge >= 0.3 is 0 Å². The average molecular weight is 332 g/mol. The van der Waals surface area contributed by atoms with Crippen LogP contribution in [0.5, 0.6) is 0 Å². The molecular formula is C14H16Cl2FN3O. The maximum Gasteiger partial charge on any atom is 0.142 e. The summed E-state index contributed by atoms with van der Waals surface area (Å²) < 4.78 is 20.5. The van der Waals surface area contributed by atoms with Crippen molar-refractivity contribution in [1.82, 2.24) is 15.1 Å². The van der Waals surface area contributed by atoms with Crippen LogP contribution in [0, 0.1) is 5.82 Å². The second-order valence-electron chi connectivity index (χ2n) is 4.49. The lowest BCUT2D eigenvalue weighted by Crippen LogP contribution is -2.23. The molecule has 0 aliphatic rings. The van der Waals surface area contributed by atoms with Crippen LogP contribution in [0.25, 0.3) is 0 Å². The Labute approximate surface area is 132 Å². The number of methoxy groups -OCH3 is 1. The summed E-state index contributed by atoms with van der Waals surface area (Å²) in [6, 6.07) is 4.40. The lowest BCUT2D eigenvalue weighted by molar-refractivity contribution is 0.182. The first kappa shape index (κ1) is 16.2. The number of nitrogens with one attached hydrogen (secondary N) is 1. The molecule has 0 amide bonds. The molecule has 7 heteroatoms. The molecule has 1 aromatic heterocycles. The minimum absolute atomic E-state index is 0.0904. The van der Waals surface area contributed by atoms with Crippen molar-refractivity contribution in [3.8, 4) is 0 Å². The zero-order valence-electron chi connectivity index (χ0n) is 11.7. The van der Waals surface area contributed by atoms with Crippen LogP contribution < -0.4 is 5.32 Å².